The Morgan fingerprint density at radius 1 is 1.43 bits per heavy atom. The first-order chi connectivity index (χ1) is 10.8. The third kappa shape index (κ3) is 4.78. The van der Waals surface area contributed by atoms with Crippen LogP contribution in [0.3, 0.4) is 0 Å². The Bertz CT molecular complexity index is 551. The van der Waals surface area contributed by atoms with Crippen LogP contribution < -0.4 is 5.73 Å². The number of hydrogen-bond donors (Lipinski definition) is 1. The van der Waals surface area contributed by atoms with Crippen molar-refractivity contribution in [1.82, 2.24) is 19.8 Å². The summed E-state index contributed by atoms with van der Waals surface area (Å²) in [6.45, 7) is 2.30. The number of halogens is 3. The molecule has 1 aliphatic rings. The molecule has 0 spiro atoms. The molecule has 23 heavy (non-hydrogen) atoms. The molecule has 1 aromatic heterocycles. The van der Waals surface area contributed by atoms with E-state index in [-0.39, 0.29) is 23.3 Å². The van der Waals surface area contributed by atoms with Crippen LogP contribution >= 0.6 is 0 Å². The number of aromatic nitrogens is 2. The lowest BCUT2D eigenvalue weighted by molar-refractivity contribution is -0.146. The minimum absolute atomic E-state index is 0.0131. The molecule has 2 heterocycles. The van der Waals surface area contributed by atoms with Crippen LogP contribution in [0.4, 0.5) is 19.0 Å². The molecule has 6 nitrogen and oxygen atoms in total. The van der Waals surface area contributed by atoms with Crippen molar-refractivity contribution in [2.45, 2.75) is 19.5 Å². The van der Waals surface area contributed by atoms with Crippen LogP contribution in [0.2, 0.25) is 0 Å². The summed E-state index contributed by atoms with van der Waals surface area (Å²) in [7, 11) is 0. The molecule has 1 saturated heterocycles. The SMILES string of the molecule is CCN(C[C@H]1CCN(C(=O)c2nccnc2N)C1)CC(F)(F)F. The molecule has 2 N–H and O–H groups in total. The fourth-order valence-electron chi connectivity index (χ4n) is 2.75. The van der Waals surface area contributed by atoms with Gasteiger partial charge in [0, 0.05) is 32.0 Å². The van der Waals surface area contributed by atoms with Gasteiger partial charge < -0.3 is 10.6 Å². The van der Waals surface area contributed by atoms with Gasteiger partial charge in [-0.2, -0.15) is 13.2 Å². The van der Waals surface area contributed by atoms with Crippen molar-refractivity contribution < 1.29 is 18.0 Å². The zero-order valence-corrected chi connectivity index (χ0v) is 12.9. The lowest BCUT2D eigenvalue weighted by atomic mass is 10.1. The van der Waals surface area contributed by atoms with E-state index in [0.29, 0.717) is 32.6 Å². The molecular weight excluding hydrogens is 311 g/mol. The molecule has 0 bridgehead atoms. The Labute approximate surface area is 132 Å². The topological polar surface area (TPSA) is 75.3 Å². The maximum absolute atomic E-state index is 12.5. The molecule has 128 valence electrons. The van der Waals surface area contributed by atoms with Gasteiger partial charge in [-0.3, -0.25) is 9.69 Å². The van der Waals surface area contributed by atoms with Crippen molar-refractivity contribution in [2.75, 3.05) is 38.5 Å². The van der Waals surface area contributed by atoms with Crippen molar-refractivity contribution in [2.24, 2.45) is 5.92 Å². The number of nitrogens with two attached hydrogens (primary N) is 1. The lowest BCUT2D eigenvalue weighted by Gasteiger charge is -2.25. The van der Waals surface area contributed by atoms with Gasteiger partial charge >= 0.3 is 6.18 Å². The molecule has 1 atom stereocenters. The smallest absolute Gasteiger partial charge is 0.382 e. The van der Waals surface area contributed by atoms with Crippen molar-refractivity contribution in [3.63, 3.8) is 0 Å². The molecule has 9 heteroatoms. The number of carbonyl (C=O) groups excluding carboxylic acids is 1. The summed E-state index contributed by atoms with van der Waals surface area (Å²) in [6.07, 6.45) is -0.757. The molecule has 1 amide bonds. The molecule has 1 aromatic rings. The van der Waals surface area contributed by atoms with Crippen molar-refractivity contribution in [3.8, 4) is 0 Å². The van der Waals surface area contributed by atoms with E-state index in [0.717, 1.165) is 0 Å². The summed E-state index contributed by atoms with van der Waals surface area (Å²) in [6, 6.07) is 0. The number of alkyl halides is 3. The second-order valence-electron chi connectivity index (χ2n) is 5.64. The minimum Gasteiger partial charge on any atom is -0.382 e. The molecule has 1 aliphatic heterocycles. The molecule has 2 rings (SSSR count). The van der Waals surface area contributed by atoms with Gasteiger partial charge in [-0.1, -0.05) is 6.92 Å². The second kappa shape index (κ2) is 7.12. The monoisotopic (exact) mass is 331 g/mol. The Kier molecular flexibility index (Phi) is 5.40. The summed E-state index contributed by atoms with van der Waals surface area (Å²) in [5, 5.41) is 0. The van der Waals surface area contributed by atoms with Crippen molar-refractivity contribution >= 4 is 11.7 Å². The van der Waals surface area contributed by atoms with Gasteiger partial charge in [-0.05, 0) is 18.9 Å². The fraction of sp³-hybridized carbons (Fsp3) is 0.643. The quantitative estimate of drug-likeness (QED) is 0.883. The van der Waals surface area contributed by atoms with E-state index >= 15 is 0 Å². The first-order valence-corrected chi connectivity index (χ1v) is 7.45. The summed E-state index contributed by atoms with van der Waals surface area (Å²) < 4.78 is 37.5. The Balaban J connectivity index is 1.93. The first-order valence-electron chi connectivity index (χ1n) is 7.45. The third-order valence-corrected chi connectivity index (χ3v) is 3.87. The van der Waals surface area contributed by atoms with E-state index in [4.69, 9.17) is 5.73 Å². The van der Waals surface area contributed by atoms with E-state index in [1.165, 1.54) is 17.3 Å². The van der Waals surface area contributed by atoms with Crippen molar-refractivity contribution in [1.29, 1.82) is 0 Å². The molecule has 0 unspecified atom stereocenters. The van der Waals surface area contributed by atoms with Crippen LogP contribution in [0, 0.1) is 5.92 Å². The van der Waals surface area contributed by atoms with Gasteiger partial charge in [0.05, 0.1) is 6.54 Å². The summed E-state index contributed by atoms with van der Waals surface area (Å²) in [5.41, 5.74) is 5.73. The fourth-order valence-corrected chi connectivity index (χ4v) is 2.75. The molecular formula is C14H20F3N5O. The highest BCUT2D eigenvalue weighted by molar-refractivity contribution is 5.96. The number of carbonyl (C=O) groups is 1. The highest BCUT2D eigenvalue weighted by atomic mass is 19.4. The Morgan fingerprint density at radius 3 is 2.74 bits per heavy atom. The molecule has 0 aromatic carbocycles. The number of hydrogen-bond acceptors (Lipinski definition) is 5. The molecule has 0 aliphatic carbocycles. The number of nitrogen functional groups attached to an aromatic ring is 1. The van der Waals surface area contributed by atoms with Crippen LogP contribution in [0.15, 0.2) is 12.4 Å². The maximum Gasteiger partial charge on any atom is 0.401 e. The summed E-state index contributed by atoms with van der Waals surface area (Å²) in [5.74, 6) is -0.246. The maximum atomic E-state index is 12.5. The highest BCUT2D eigenvalue weighted by Crippen LogP contribution is 2.22. The predicted octanol–water partition coefficient (Wildman–Crippen LogP) is 1.41. The average Bonchev–Trinajstić information content (AvgIpc) is 2.93. The Hall–Kier alpha value is -1.90. The number of amides is 1. The predicted molar refractivity (Wildman–Crippen MR) is 78.6 cm³/mol. The Morgan fingerprint density at radius 2 is 2.13 bits per heavy atom. The molecule has 0 saturated carbocycles. The van der Waals surface area contributed by atoms with E-state index in [2.05, 4.69) is 9.97 Å². The minimum atomic E-state index is -4.21. The average molecular weight is 331 g/mol. The van der Waals surface area contributed by atoms with Crippen LogP contribution in [0.5, 0.6) is 0 Å². The van der Waals surface area contributed by atoms with Gasteiger partial charge in [0.15, 0.2) is 11.5 Å². The number of anilines is 1. The van der Waals surface area contributed by atoms with Gasteiger partial charge in [-0.25, -0.2) is 9.97 Å². The van der Waals surface area contributed by atoms with Crippen LogP contribution in [0.1, 0.15) is 23.8 Å². The number of nitrogens with zero attached hydrogens (tertiary/aromatic N) is 4. The van der Waals surface area contributed by atoms with Gasteiger partial charge in [-0.15, -0.1) is 0 Å². The number of likely N-dealkylation sites (tertiary alicyclic amines) is 1. The third-order valence-electron chi connectivity index (χ3n) is 3.87. The lowest BCUT2D eigenvalue weighted by Crippen LogP contribution is -2.38. The first kappa shape index (κ1) is 17.5. The summed E-state index contributed by atoms with van der Waals surface area (Å²) in [4.78, 5) is 23.0. The van der Waals surface area contributed by atoms with Gasteiger partial charge in [0.25, 0.3) is 5.91 Å². The zero-order valence-electron chi connectivity index (χ0n) is 12.9. The second-order valence-corrected chi connectivity index (χ2v) is 5.64. The number of rotatable bonds is 5. The van der Waals surface area contributed by atoms with Gasteiger partial charge in [0.1, 0.15) is 0 Å². The summed E-state index contributed by atoms with van der Waals surface area (Å²) >= 11 is 0. The van der Waals surface area contributed by atoms with Crippen molar-refractivity contribution in [3.05, 3.63) is 18.1 Å². The highest BCUT2D eigenvalue weighted by Gasteiger charge is 2.34. The van der Waals surface area contributed by atoms with Crippen LogP contribution in [-0.2, 0) is 0 Å². The van der Waals surface area contributed by atoms with E-state index < -0.39 is 12.7 Å². The van der Waals surface area contributed by atoms with E-state index in [9.17, 15) is 18.0 Å². The standard InChI is InChI=1S/C14H20F3N5O/c1-2-21(9-14(15,16)17)7-10-3-6-22(8-10)13(23)11-12(18)20-5-4-19-11/h4-5,10H,2-3,6-9H2,1H3,(H2,18,20)/t10-/m1/s1. The van der Waals surface area contributed by atoms with Crippen LogP contribution in [0.25, 0.3) is 0 Å². The van der Waals surface area contributed by atoms with E-state index in [1.807, 2.05) is 0 Å². The zero-order chi connectivity index (χ0) is 17.0. The van der Waals surface area contributed by atoms with Crippen LogP contribution in [-0.4, -0.2) is 64.6 Å². The van der Waals surface area contributed by atoms with E-state index in [1.54, 1.807) is 11.8 Å². The molecule has 1 fully saturated rings. The molecule has 0 radical (unpaired) electrons. The largest absolute Gasteiger partial charge is 0.401 e. The normalized spacial score (nSPS) is 18.7. The van der Waals surface area contributed by atoms with Gasteiger partial charge in [0.2, 0.25) is 0 Å².